The minimum absolute atomic E-state index is 0.0491. The average molecular weight is 369 g/mol. The second kappa shape index (κ2) is 7.83. The number of rotatable bonds is 5. The number of nitrogens with one attached hydrogen (secondary N) is 1. The van der Waals surface area contributed by atoms with Crippen molar-refractivity contribution in [3.05, 3.63) is 23.8 Å². The number of anilines is 1. The Morgan fingerprint density at radius 1 is 1.20 bits per heavy atom. The van der Waals surface area contributed by atoms with Crippen LogP contribution in [0.3, 0.4) is 0 Å². The van der Waals surface area contributed by atoms with E-state index in [0.29, 0.717) is 30.1 Å². The predicted octanol–water partition coefficient (Wildman–Crippen LogP) is 0.761. The molecular weight excluding hydrogens is 346 g/mol. The number of carbonyl (C=O) groups excluding carboxylic acids is 2. The molecule has 0 radical (unpaired) electrons. The number of carbonyl (C=O) groups is 2. The van der Waals surface area contributed by atoms with Gasteiger partial charge in [-0.25, -0.2) is 8.42 Å². The number of methoxy groups -OCH3 is 1. The van der Waals surface area contributed by atoms with Crippen LogP contribution in [-0.2, 0) is 14.8 Å². The molecule has 1 aliphatic rings. The van der Waals surface area contributed by atoms with E-state index < -0.39 is 10.0 Å². The van der Waals surface area contributed by atoms with Gasteiger partial charge in [-0.05, 0) is 25.1 Å². The largest absolute Gasteiger partial charge is 0.496 e. The van der Waals surface area contributed by atoms with Crippen LogP contribution in [0, 0.1) is 0 Å². The molecular formula is C16H23N3O5S. The van der Waals surface area contributed by atoms with Crippen molar-refractivity contribution >= 4 is 27.5 Å². The Morgan fingerprint density at radius 2 is 1.84 bits per heavy atom. The third kappa shape index (κ3) is 4.49. The van der Waals surface area contributed by atoms with Gasteiger partial charge >= 0.3 is 0 Å². The molecule has 1 aromatic carbocycles. The van der Waals surface area contributed by atoms with Crippen LogP contribution in [0.5, 0.6) is 5.75 Å². The summed E-state index contributed by atoms with van der Waals surface area (Å²) in [6.07, 6.45) is 0. The molecule has 1 heterocycles. The van der Waals surface area contributed by atoms with Gasteiger partial charge in [0, 0.05) is 38.8 Å². The van der Waals surface area contributed by atoms with Gasteiger partial charge in [0.05, 0.1) is 18.4 Å². The SMILES string of the molecule is CCS(=O)(=O)N1CCN(C(=O)c2cc(NC(C)=O)ccc2OC)CC1. The first-order chi connectivity index (χ1) is 11.8. The third-order valence-corrected chi connectivity index (χ3v) is 5.92. The van der Waals surface area contributed by atoms with Crippen molar-refractivity contribution in [2.75, 3.05) is 44.4 Å². The Morgan fingerprint density at radius 3 is 2.36 bits per heavy atom. The first-order valence-electron chi connectivity index (χ1n) is 8.01. The average Bonchev–Trinajstić information content (AvgIpc) is 2.60. The number of amides is 2. The molecule has 1 saturated heterocycles. The van der Waals surface area contributed by atoms with Crippen LogP contribution in [-0.4, -0.2) is 68.5 Å². The summed E-state index contributed by atoms with van der Waals surface area (Å²) in [4.78, 5) is 25.6. The van der Waals surface area contributed by atoms with Crippen molar-refractivity contribution in [3.63, 3.8) is 0 Å². The van der Waals surface area contributed by atoms with E-state index in [9.17, 15) is 18.0 Å². The van der Waals surface area contributed by atoms with Gasteiger partial charge in [0.1, 0.15) is 5.75 Å². The first-order valence-corrected chi connectivity index (χ1v) is 9.62. The van der Waals surface area contributed by atoms with Gasteiger partial charge in [0.15, 0.2) is 0 Å². The third-order valence-electron chi connectivity index (χ3n) is 4.03. The molecule has 2 rings (SSSR count). The number of hydrogen-bond acceptors (Lipinski definition) is 5. The lowest BCUT2D eigenvalue weighted by Crippen LogP contribution is -2.50. The maximum absolute atomic E-state index is 12.8. The van der Waals surface area contributed by atoms with Crippen molar-refractivity contribution in [1.82, 2.24) is 9.21 Å². The number of hydrogen-bond donors (Lipinski definition) is 1. The minimum atomic E-state index is -3.24. The molecule has 25 heavy (non-hydrogen) atoms. The fourth-order valence-corrected chi connectivity index (χ4v) is 3.76. The predicted molar refractivity (Wildman–Crippen MR) is 94.2 cm³/mol. The zero-order valence-corrected chi connectivity index (χ0v) is 15.4. The molecule has 0 bridgehead atoms. The van der Waals surface area contributed by atoms with E-state index in [0.717, 1.165) is 0 Å². The van der Waals surface area contributed by atoms with E-state index >= 15 is 0 Å². The van der Waals surface area contributed by atoms with E-state index in [4.69, 9.17) is 4.74 Å². The Labute approximate surface area is 147 Å². The fourth-order valence-electron chi connectivity index (χ4n) is 2.68. The summed E-state index contributed by atoms with van der Waals surface area (Å²) < 4.78 is 30.5. The van der Waals surface area contributed by atoms with Gasteiger partial charge in [0.25, 0.3) is 5.91 Å². The van der Waals surface area contributed by atoms with E-state index in [2.05, 4.69) is 5.32 Å². The van der Waals surface area contributed by atoms with Gasteiger partial charge in [-0.1, -0.05) is 0 Å². The molecule has 1 N–H and O–H groups in total. The zero-order chi connectivity index (χ0) is 18.6. The molecule has 0 saturated carbocycles. The van der Waals surface area contributed by atoms with Crippen LogP contribution in [0.2, 0.25) is 0 Å². The summed E-state index contributed by atoms with van der Waals surface area (Å²) in [6, 6.07) is 4.84. The van der Waals surface area contributed by atoms with E-state index in [1.807, 2.05) is 0 Å². The quantitative estimate of drug-likeness (QED) is 0.827. The normalized spacial score (nSPS) is 15.7. The lowest BCUT2D eigenvalue weighted by molar-refractivity contribution is -0.114. The highest BCUT2D eigenvalue weighted by molar-refractivity contribution is 7.89. The molecule has 0 spiro atoms. The monoisotopic (exact) mass is 369 g/mol. The van der Waals surface area contributed by atoms with Crippen molar-refractivity contribution in [3.8, 4) is 5.75 Å². The number of nitrogens with zero attached hydrogens (tertiary/aromatic N) is 2. The molecule has 9 heteroatoms. The Bertz CT molecular complexity index is 755. The number of ether oxygens (including phenoxy) is 1. The van der Waals surface area contributed by atoms with Gasteiger partial charge in [0.2, 0.25) is 15.9 Å². The van der Waals surface area contributed by atoms with E-state index in [1.165, 1.54) is 18.3 Å². The molecule has 0 aliphatic carbocycles. The maximum Gasteiger partial charge on any atom is 0.257 e. The van der Waals surface area contributed by atoms with Crippen LogP contribution >= 0.6 is 0 Å². The maximum atomic E-state index is 12.8. The number of benzene rings is 1. The molecule has 1 aliphatic heterocycles. The van der Waals surface area contributed by atoms with Gasteiger partial charge in [-0.3, -0.25) is 9.59 Å². The summed E-state index contributed by atoms with van der Waals surface area (Å²) in [6.45, 7) is 4.16. The lowest BCUT2D eigenvalue weighted by atomic mass is 10.1. The standard InChI is InChI=1S/C16H23N3O5S/c1-4-25(22,23)19-9-7-18(8-10-19)16(21)14-11-13(17-12(2)20)5-6-15(14)24-3/h5-6,11H,4,7-10H2,1-3H3,(H,17,20). The molecule has 2 amide bonds. The summed E-state index contributed by atoms with van der Waals surface area (Å²) in [5.41, 5.74) is 0.837. The summed E-state index contributed by atoms with van der Waals surface area (Å²) >= 11 is 0. The van der Waals surface area contributed by atoms with Crippen LogP contribution in [0.4, 0.5) is 5.69 Å². The highest BCUT2D eigenvalue weighted by Crippen LogP contribution is 2.25. The molecule has 0 unspecified atom stereocenters. The van der Waals surface area contributed by atoms with Crippen LogP contribution in [0.15, 0.2) is 18.2 Å². The molecule has 0 aromatic heterocycles. The summed E-state index contributed by atoms with van der Waals surface area (Å²) in [5.74, 6) is -0.0321. The Hall–Kier alpha value is -2.13. The van der Waals surface area contributed by atoms with Crippen molar-refractivity contribution < 1.29 is 22.7 Å². The zero-order valence-electron chi connectivity index (χ0n) is 14.6. The molecule has 0 atom stereocenters. The van der Waals surface area contributed by atoms with Crippen molar-refractivity contribution in [2.24, 2.45) is 0 Å². The summed E-state index contributed by atoms with van der Waals surface area (Å²) in [5, 5.41) is 2.64. The van der Waals surface area contributed by atoms with Crippen molar-refractivity contribution in [1.29, 1.82) is 0 Å². The van der Waals surface area contributed by atoms with E-state index in [1.54, 1.807) is 30.0 Å². The van der Waals surface area contributed by atoms with Gasteiger partial charge in [-0.2, -0.15) is 4.31 Å². The molecule has 138 valence electrons. The van der Waals surface area contributed by atoms with Crippen LogP contribution < -0.4 is 10.1 Å². The first kappa shape index (κ1) is 19.2. The summed E-state index contributed by atoms with van der Waals surface area (Å²) in [7, 11) is -1.78. The van der Waals surface area contributed by atoms with Crippen molar-refractivity contribution in [2.45, 2.75) is 13.8 Å². The molecule has 8 nitrogen and oxygen atoms in total. The molecule has 1 fully saturated rings. The Kier molecular flexibility index (Phi) is 6.02. The van der Waals surface area contributed by atoms with Gasteiger partial charge < -0.3 is 15.0 Å². The molecule has 1 aromatic rings. The fraction of sp³-hybridized carbons (Fsp3) is 0.500. The van der Waals surface area contributed by atoms with Crippen LogP contribution in [0.1, 0.15) is 24.2 Å². The van der Waals surface area contributed by atoms with E-state index in [-0.39, 0.29) is 30.7 Å². The lowest BCUT2D eigenvalue weighted by Gasteiger charge is -2.34. The minimum Gasteiger partial charge on any atom is -0.496 e. The smallest absolute Gasteiger partial charge is 0.257 e. The second-order valence-corrected chi connectivity index (χ2v) is 7.95. The topological polar surface area (TPSA) is 96.0 Å². The Balaban J connectivity index is 2.16. The van der Waals surface area contributed by atoms with Gasteiger partial charge in [-0.15, -0.1) is 0 Å². The van der Waals surface area contributed by atoms with Crippen LogP contribution in [0.25, 0.3) is 0 Å². The number of sulfonamides is 1. The highest BCUT2D eigenvalue weighted by Gasteiger charge is 2.29. The number of piperazine rings is 1. The highest BCUT2D eigenvalue weighted by atomic mass is 32.2. The second-order valence-electron chi connectivity index (χ2n) is 5.69.